The van der Waals surface area contributed by atoms with Gasteiger partial charge in [0.05, 0.1) is 4.90 Å². The third-order valence-electron chi connectivity index (χ3n) is 3.52. The summed E-state index contributed by atoms with van der Waals surface area (Å²) in [5.41, 5.74) is 7.42. The molecule has 0 radical (unpaired) electrons. The Morgan fingerprint density at radius 3 is 2.67 bits per heavy atom. The van der Waals surface area contributed by atoms with Crippen LogP contribution in [0, 0.1) is 5.92 Å². The van der Waals surface area contributed by atoms with Crippen molar-refractivity contribution in [1.82, 2.24) is 4.31 Å². The fourth-order valence-electron chi connectivity index (χ4n) is 2.32. The predicted molar refractivity (Wildman–Crippen MR) is 72.8 cm³/mol. The number of aryl methyl sites for hydroxylation is 1. The van der Waals surface area contributed by atoms with Gasteiger partial charge in [-0.15, -0.1) is 0 Å². The van der Waals surface area contributed by atoms with Crippen LogP contribution in [0.4, 0.5) is 5.69 Å². The number of nitrogens with two attached hydrogens (primary N) is 1. The van der Waals surface area contributed by atoms with Gasteiger partial charge >= 0.3 is 0 Å². The van der Waals surface area contributed by atoms with Crippen molar-refractivity contribution in [1.29, 1.82) is 0 Å². The zero-order valence-corrected chi connectivity index (χ0v) is 11.7. The van der Waals surface area contributed by atoms with Crippen molar-refractivity contribution in [2.24, 2.45) is 5.92 Å². The van der Waals surface area contributed by atoms with E-state index in [1.807, 2.05) is 13.0 Å². The van der Waals surface area contributed by atoms with Crippen LogP contribution in [0.15, 0.2) is 23.1 Å². The summed E-state index contributed by atoms with van der Waals surface area (Å²) in [6.07, 6.45) is 1.74. The van der Waals surface area contributed by atoms with E-state index in [2.05, 4.69) is 6.92 Å². The number of benzene rings is 1. The molecule has 1 unspecified atom stereocenters. The van der Waals surface area contributed by atoms with Crippen molar-refractivity contribution >= 4 is 15.7 Å². The highest BCUT2D eigenvalue weighted by Crippen LogP contribution is 2.26. The molecule has 4 nitrogen and oxygen atoms in total. The summed E-state index contributed by atoms with van der Waals surface area (Å²) >= 11 is 0. The van der Waals surface area contributed by atoms with Gasteiger partial charge < -0.3 is 5.73 Å². The highest BCUT2D eigenvalue weighted by Gasteiger charge is 2.30. The normalized spacial score (nSPS) is 21.3. The molecule has 2 N–H and O–H groups in total. The standard InChI is InChI=1S/C13H20N2O2S/c1-3-11-4-5-12(8-13(11)14)18(16,17)15-7-6-10(2)9-15/h4-5,8,10H,3,6-7,9,14H2,1-2H3. The second kappa shape index (κ2) is 4.90. The average molecular weight is 268 g/mol. The zero-order chi connectivity index (χ0) is 13.3. The van der Waals surface area contributed by atoms with Gasteiger partial charge in [-0.25, -0.2) is 8.42 Å². The molecule has 0 bridgehead atoms. The highest BCUT2D eigenvalue weighted by molar-refractivity contribution is 7.89. The van der Waals surface area contributed by atoms with E-state index >= 15 is 0 Å². The van der Waals surface area contributed by atoms with E-state index in [-0.39, 0.29) is 0 Å². The molecule has 1 atom stereocenters. The fourth-order valence-corrected chi connectivity index (χ4v) is 3.93. The van der Waals surface area contributed by atoms with E-state index in [0.29, 0.717) is 29.6 Å². The molecule has 2 rings (SSSR count). The Hall–Kier alpha value is -1.07. The molecular weight excluding hydrogens is 248 g/mol. The van der Waals surface area contributed by atoms with Crippen LogP contribution in [0.25, 0.3) is 0 Å². The molecule has 1 saturated heterocycles. The second-order valence-electron chi connectivity index (χ2n) is 4.97. The van der Waals surface area contributed by atoms with Gasteiger partial charge in [0.1, 0.15) is 0 Å². The lowest BCUT2D eigenvalue weighted by Gasteiger charge is -2.17. The SMILES string of the molecule is CCc1ccc(S(=O)(=O)N2CCC(C)C2)cc1N. The van der Waals surface area contributed by atoms with Crippen LogP contribution in [0.5, 0.6) is 0 Å². The highest BCUT2D eigenvalue weighted by atomic mass is 32.2. The van der Waals surface area contributed by atoms with Gasteiger partial charge in [-0.1, -0.05) is 19.9 Å². The molecule has 5 heteroatoms. The van der Waals surface area contributed by atoms with Crippen LogP contribution in [0.3, 0.4) is 0 Å². The van der Waals surface area contributed by atoms with E-state index in [9.17, 15) is 8.42 Å². The fraction of sp³-hybridized carbons (Fsp3) is 0.538. The van der Waals surface area contributed by atoms with Crippen LogP contribution in [-0.2, 0) is 16.4 Å². The molecule has 1 heterocycles. The Bertz CT molecular complexity index is 540. The number of sulfonamides is 1. The first-order valence-corrected chi connectivity index (χ1v) is 7.77. The molecule has 0 spiro atoms. The maximum atomic E-state index is 12.4. The van der Waals surface area contributed by atoms with E-state index in [1.54, 1.807) is 16.4 Å². The maximum absolute atomic E-state index is 12.4. The number of nitrogen functional groups attached to an aromatic ring is 1. The Kier molecular flexibility index (Phi) is 3.64. The predicted octanol–water partition coefficient (Wildman–Crippen LogP) is 1.86. The topological polar surface area (TPSA) is 63.4 Å². The minimum atomic E-state index is -3.37. The number of anilines is 1. The van der Waals surface area contributed by atoms with Crippen LogP contribution >= 0.6 is 0 Å². The molecule has 1 aromatic rings. The van der Waals surface area contributed by atoms with E-state index < -0.39 is 10.0 Å². The van der Waals surface area contributed by atoms with Crippen molar-refractivity contribution in [2.75, 3.05) is 18.8 Å². The monoisotopic (exact) mass is 268 g/mol. The Morgan fingerprint density at radius 2 is 2.17 bits per heavy atom. The average Bonchev–Trinajstić information content (AvgIpc) is 2.76. The Balaban J connectivity index is 2.33. The van der Waals surface area contributed by atoms with Gasteiger partial charge in [-0.2, -0.15) is 4.31 Å². The number of hydrogen-bond acceptors (Lipinski definition) is 3. The first-order valence-electron chi connectivity index (χ1n) is 6.33. The molecule has 1 fully saturated rings. The van der Waals surface area contributed by atoms with E-state index in [1.165, 1.54) is 0 Å². The van der Waals surface area contributed by atoms with Gasteiger partial charge in [-0.3, -0.25) is 0 Å². The van der Waals surface area contributed by atoms with Crippen molar-refractivity contribution < 1.29 is 8.42 Å². The minimum Gasteiger partial charge on any atom is -0.398 e. The van der Waals surface area contributed by atoms with Gasteiger partial charge in [0.15, 0.2) is 0 Å². The minimum absolute atomic E-state index is 0.311. The molecule has 1 aromatic carbocycles. The van der Waals surface area contributed by atoms with E-state index in [0.717, 1.165) is 18.4 Å². The molecule has 0 saturated carbocycles. The summed E-state index contributed by atoms with van der Waals surface area (Å²) in [4.78, 5) is 0.311. The largest absolute Gasteiger partial charge is 0.398 e. The molecule has 100 valence electrons. The quantitative estimate of drug-likeness (QED) is 0.851. The summed E-state index contributed by atoms with van der Waals surface area (Å²) in [7, 11) is -3.37. The smallest absolute Gasteiger partial charge is 0.243 e. The van der Waals surface area contributed by atoms with Crippen molar-refractivity contribution in [3.05, 3.63) is 23.8 Å². The Morgan fingerprint density at radius 1 is 1.44 bits per heavy atom. The van der Waals surface area contributed by atoms with Crippen LogP contribution in [0.2, 0.25) is 0 Å². The molecule has 0 aromatic heterocycles. The summed E-state index contributed by atoms with van der Waals surface area (Å²) in [5, 5.41) is 0. The molecule has 0 amide bonds. The van der Waals surface area contributed by atoms with Gasteiger partial charge in [0, 0.05) is 18.8 Å². The van der Waals surface area contributed by atoms with Crippen molar-refractivity contribution in [3.63, 3.8) is 0 Å². The van der Waals surface area contributed by atoms with E-state index in [4.69, 9.17) is 5.73 Å². The van der Waals surface area contributed by atoms with Crippen molar-refractivity contribution in [3.8, 4) is 0 Å². The lowest BCUT2D eigenvalue weighted by molar-refractivity contribution is 0.464. The summed E-state index contributed by atoms with van der Waals surface area (Å²) in [6.45, 7) is 5.29. The van der Waals surface area contributed by atoms with Gasteiger partial charge in [-0.05, 0) is 36.5 Å². The van der Waals surface area contributed by atoms with Crippen LogP contribution < -0.4 is 5.73 Å². The van der Waals surface area contributed by atoms with Gasteiger partial charge in [0.25, 0.3) is 0 Å². The molecular formula is C13H20N2O2S. The second-order valence-corrected chi connectivity index (χ2v) is 6.91. The van der Waals surface area contributed by atoms with Crippen molar-refractivity contribution in [2.45, 2.75) is 31.6 Å². The maximum Gasteiger partial charge on any atom is 0.243 e. The third kappa shape index (κ3) is 2.37. The molecule has 18 heavy (non-hydrogen) atoms. The summed E-state index contributed by atoms with van der Waals surface area (Å²) in [6, 6.07) is 5.05. The number of nitrogens with zero attached hydrogens (tertiary/aromatic N) is 1. The summed E-state index contributed by atoms with van der Waals surface area (Å²) < 4.78 is 26.4. The van der Waals surface area contributed by atoms with Gasteiger partial charge in [0.2, 0.25) is 10.0 Å². The Labute approximate surface area is 109 Å². The first kappa shape index (κ1) is 13.4. The molecule has 0 aliphatic carbocycles. The zero-order valence-electron chi connectivity index (χ0n) is 10.9. The van der Waals surface area contributed by atoms with Crippen LogP contribution in [0.1, 0.15) is 25.8 Å². The number of rotatable bonds is 3. The molecule has 1 aliphatic rings. The summed E-state index contributed by atoms with van der Waals surface area (Å²) in [5.74, 6) is 0.437. The third-order valence-corrected chi connectivity index (χ3v) is 5.38. The number of hydrogen-bond donors (Lipinski definition) is 1. The lowest BCUT2D eigenvalue weighted by atomic mass is 10.1. The first-order chi connectivity index (χ1) is 8.45. The lowest BCUT2D eigenvalue weighted by Crippen LogP contribution is -2.28. The van der Waals surface area contributed by atoms with Crippen LogP contribution in [-0.4, -0.2) is 25.8 Å². The molecule has 1 aliphatic heterocycles.